The van der Waals surface area contributed by atoms with Crippen molar-refractivity contribution < 1.29 is 20.1 Å². The summed E-state index contributed by atoms with van der Waals surface area (Å²) in [5.41, 5.74) is 0.326. The van der Waals surface area contributed by atoms with Crippen LogP contribution < -0.4 is 0 Å². The van der Waals surface area contributed by atoms with Crippen molar-refractivity contribution in [3.63, 3.8) is 0 Å². The van der Waals surface area contributed by atoms with Crippen molar-refractivity contribution in [1.82, 2.24) is 0 Å². The number of aliphatic hydroxyl groups is 2. The van der Waals surface area contributed by atoms with Gasteiger partial charge >= 0.3 is 5.97 Å². The molecule has 0 saturated heterocycles. The van der Waals surface area contributed by atoms with Gasteiger partial charge in [0, 0.05) is 5.57 Å². The fourth-order valence-corrected chi connectivity index (χ4v) is 1.81. The van der Waals surface area contributed by atoms with Gasteiger partial charge in [0.2, 0.25) is 0 Å². The van der Waals surface area contributed by atoms with E-state index in [-0.39, 0.29) is 11.3 Å². The van der Waals surface area contributed by atoms with Crippen LogP contribution in [0, 0.1) is 0 Å². The van der Waals surface area contributed by atoms with Gasteiger partial charge in [0.25, 0.3) is 0 Å². The molecule has 84 valence electrons. The van der Waals surface area contributed by atoms with Crippen LogP contribution in [0.4, 0.5) is 0 Å². The highest BCUT2D eigenvalue weighted by Gasteiger charge is 2.27. The summed E-state index contributed by atoms with van der Waals surface area (Å²) in [6.07, 6.45) is 2.91. The summed E-state index contributed by atoms with van der Waals surface area (Å²) in [6.45, 7) is 1.86. The molecule has 1 rings (SSSR count). The second-order valence-electron chi connectivity index (χ2n) is 3.60. The van der Waals surface area contributed by atoms with Gasteiger partial charge in [-0.3, -0.25) is 0 Å². The summed E-state index contributed by atoms with van der Waals surface area (Å²) >= 11 is 0. The molecule has 0 radical (unpaired) electrons. The molecule has 0 aliphatic heterocycles. The predicted octanol–water partition coefficient (Wildman–Crippen LogP) is 1.76. The third-order valence-corrected chi connectivity index (χ3v) is 2.50. The summed E-state index contributed by atoms with van der Waals surface area (Å²) in [5, 5.41) is 28.1. The largest absolute Gasteiger partial charge is 0.508 e. The molecule has 0 bridgehead atoms. The van der Waals surface area contributed by atoms with Crippen molar-refractivity contribution in [1.29, 1.82) is 0 Å². The molecule has 0 amide bonds. The molecule has 0 aromatic rings. The molecule has 4 heteroatoms. The molecule has 1 atom stereocenters. The zero-order chi connectivity index (χ0) is 11.4. The lowest BCUT2D eigenvalue weighted by Gasteiger charge is -2.22. The third-order valence-electron chi connectivity index (χ3n) is 2.50. The molecule has 1 aliphatic carbocycles. The van der Waals surface area contributed by atoms with E-state index in [9.17, 15) is 15.0 Å². The summed E-state index contributed by atoms with van der Waals surface area (Å²) in [4.78, 5) is 10.9. The minimum atomic E-state index is -1.15. The molecule has 0 aromatic carbocycles. The van der Waals surface area contributed by atoms with Gasteiger partial charge in [-0.2, -0.15) is 0 Å². The molecule has 0 aromatic heterocycles. The normalized spacial score (nSPS) is 23.1. The molecule has 0 unspecified atom stereocenters. The molecular weight excluding hydrogens is 196 g/mol. The monoisotopic (exact) mass is 212 g/mol. The number of hydrogen-bond donors (Lipinski definition) is 3. The molecule has 0 spiro atoms. The fourth-order valence-electron chi connectivity index (χ4n) is 1.81. The van der Waals surface area contributed by atoms with E-state index in [1.54, 1.807) is 6.08 Å². The maximum Gasteiger partial charge on any atom is 0.334 e. The Labute approximate surface area is 88.5 Å². The van der Waals surface area contributed by atoms with Crippen molar-refractivity contribution >= 4 is 5.97 Å². The molecule has 15 heavy (non-hydrogen) atoms. The Bertz CT molecular complexity index is 315. The summed E-state index contributed by atoms with van der Waals surface area (Å²) in [6, 6.07) is 0. The standard InChI is InChI=1S/C11H16O4/c1-2-4-8(12)7-5-3-6-9(13)10(7)11(14)15/h4,9,12-13H,2-3,5-6H2,1H3,(H,14,15)/b8-4-/t9-/m1/s1. The van der Waals surface area contributed by atoms with E-state index in [4.69, 9.17) is 5.11 Å². The van der Waals surface area contributed by atoms with E-state index >= 15 is 0 Å². The Morgan fingerprint density at radius 2 is 2.20 bits per heavy atom. The highest BCUT2D eigenvalue weighted by Crippen LogP contribution is 2.29. The van der Waals surface area contributed by atoms with E-state index in [2.05, 4.69) is 0 Å². The number of allylic oxidation sites excluding steroid dienone is 2. The smallest absolute Gasteiger partial charge is 0.334 e. The number of aliphatic hydroxyl groups excluding tert-OH is 2. The second kappa shape index (κ2) is 4.98. The van der Waals surface area contributed by atoms with Crippen LogP contribution in [0.15, 0.2) is 23.0 Å². The molecule has 1 aliphatic rings. The third kappa shape index (κ3) is 2.59. The van der Waals surface area contributed by atoms with Gasteiger partial charge < -0.3 is 15.3 Å². The van der Waals surface area contributed by atoms with Crippen molar-refractivity contribution in [2.75, 3.05) is 0 Å². The molecule has 3 N–H and O–H groups in total. The van der Waals surface area contributed by atoms with Crippen LogP contribution in [0.25, 0.3) is 0 Å². The first-order valence-corrected chi connectivity index (χ1v) is 5.11. The van der Waals surface area contributed by atoms with E-state index in [1.165, 1.54) is 0 Å². The van der Waals surface area contributed by atoms with Crippen LogP contribution in [-0.2, 0) is 4.79 Å². The van der Waals surface area contributed by atoms with E-state index in [0.717, 1.165) is 0 Å². The number of carbonyl (C=O) groups is 1. The first kappa shape index (κ1) is 11.8. The Morgan fingerprint density at radius 1 is 1.53 bits per heavy atom. The van der Waals surface area contributed by atoms with Crippen LogP contribution in [0.3, 0.4) is 0 Å². The lowest BCUT2D eigenvalue weighted by atomic mass is 9.88. The van der Waals surface area contributed by atoms with Gasteiger partial charge in [0.1, 0.15) is 5.76 Å². The minimum Gasteiger partial charge on any atom is -0.508 e. The van der Waals surface area contributed by atoms with Crippen LogP contribution in [-0.4, -0.2) is 27.4 Å². The Hall–Kier alpha value is -1.29. The average molecular weight is 212 g/mol. The molecule has 0 fully saturated rings. The van der Waals surface area contributed by atoms with Gasteiger partial charge in [0.15, 0.2) is 0 Å². The van der Waals surface area contributed by atoms with Gasteiger partial charge in [0.05, 0.1) is 11.7 Å². The number of rotatable bonds is 3. The number of carboxylic acid groups (broad SMARTS) is 1. The molecular formula is C11H16O4. The summed E-state index contributed by atoms with van der Waals surface area (Å²) < 4.78 is 0. The van der Waals surface area contributed by atoms with Gasteiger partial charge in [-0.25, -0.2) is 4.79 Å². The number of carboxylic acids is 1. The maximum atomic E-state index is 10.9. The van der Waals surface area contributed by atoms with Crippen LogP contribution in [0.2, 0.25) is 0 Å². The summed E-state index contributed by atoms with van der Waals surface area (Å²) in [5.74, 6) is -1.15. The zero-order valence-corrected chi connectivity index (χ0v) is 8.73. The van der Waals surface area contributed by atoms with Crippen LogP contribution >= 0.6 is 0 Å². The second-order valence-corrected chi connectivity index (χ2v) is 3.60. The van der Waals surface area contributed by atoms with Gasteiger partial charge in [-0.1, -0.05) is 6.92 Å². The fraction of sp³-hybridized carbons (Fsp3) is 0.545. The van der Waals surface area contributed by atoms with Gasteiger partial charge in [-0.15, -0.1) is 0 Å². The highest BCUT2D eigenvalue weighted by molar-refractivity contribution is 5.89. The van der Waals surface area contributed by atoms with Crippen molar-refractivity contribution in [2.24, 2.45) is 0 Å². The predicted molar refractivity (Wildman–Crippen MR) is 55.5 cm³/mol. The molecule has 4 nitrogen and oxygen atoms in total. The lowest BCUT2D eigenvalue weighted by Crippen LogP contribution is -2.24. The Kier molecular flexibility index (Phi) is 3.91. The Morgan fingerprint density at radius 3 is 2.73 bits per heavy atom. The number of hydrogen-bond acceptors (Lipinski definition) is 3. The highest BCUT2D eigenvalue weighted by atomic mass is 16.4. The zero-order valence-electron chi connectivity index (χ0n) is 8.73. The minimum absolute atomic E-state index is 0.00588. The van der Waals surface area contributed by atoms with E-state index in [0.29, 0.717) is 31.3 Å². The van der Waals surface area contributed by atoms with Crippen molar-refractivity contribution in [3.05, 3.63) is 23.0 Å². The maximum absolute atomic E-state index is 10.9. The number of aliphatic carboxylic acids is 1. The SMILES string of the molecule is CC/C=C(\O)C1=C(C(=O)O)[C@H](O)CCC1. The van der Waals surface area contributed by atoms with Crippen LogP contribution in [0.5, 0.6) is 0 Å². The van der Waals surface area contributed by atoms with Crippen LogP contribution in [0.1, 0.15) is 32.6 Å². The molecule has 0 saturated carbocycles. The van der Waals surface area contributed by atoms with Crippen molar-refractivity contribution in [3.8, 4) is 0 Å². The topological polar surface area (TPSA) is 77.8 Å². The first-order chi connectivity index (χ1) is 7.07. The van der Waals surface area contributed by atoms with E-state index in [1.807, 2.05) is 6.92 Å². The molecule has 0 heterocycles. The first-order valence-electron chi connectivity index (χ1n) is 5.11. The quantitative estimate of drug-likeness (QED) is 0.623. The Balaban J connectivity index is 3.12. The van der Waals surface area contributed by atoms with E-state index < -0.39 is 12.1 Å². The van der Waals surface area contributed by atoms with Crippen molar-refractivity contribution in [2.45, 2.75) is 38.7 Å². The average Bonchev–Trinajstić information content (AvgIpc) is 2.17. The van der Waals surface area contributed by atoms with Gasteiger partial charge in [-0.05, 0) is 31.8 Å². The lowest BCUT2D eigenvalue weighted by molar-refractivity contribution is -0.134. The summed E-state index contributed by atoms with van der Waals surface area (Å²) in [7, 11) is 0.